The van der Waals surface area contributed by atoms with Gasteiger partial charge in [-0.3, -0.25) is 5.43 Å². The first-order valence-electron chi connectivity index (χ1n) is 5.20. The van der Waals surface area contributed by atoms with Crippen LogP contribution in [-0.2, 0) is 0 Å². The van der Waals surface area contributed by atoms with E-state index in [1.54, 1.807) is 31.2 Å². The van der Waals surface area contributed by atoms with Gasteiger partial charge in [0.15, 0.2) is 11.0 Å². The highest BCUT2D eigenvalue weighted by Crippen LogP contribution is 2.08. The fourth-order valence-corrected chi connectivity index (χ4v) is 1.40. The van der Waals surface area contributed by atoms with E-state index in [9.17, 15) is 4.39 Å². The number of hydrogen-bond donors (Lipinski definition) is 1. The van der Waals surface area contributed by atoms with Gasteiger partial charge in [-0.15, -0.1) is 10.2 Å². The van der Waals surface area contributed by atoms with Crippen molar-refractivity contribution >= 4 is 23.1 Å². The van der Waals surface area contributed by atoms with Crippen LogP contribution in [0.1, 0.15) is 12.5 Å². The maximum atomic E-state index is 13.0. The Morgan fingerprint density at radius 1 is 1.28 bits per heavy atom. The first-order chi connectivity index (χ1) is 8.65. The second kappa shape index (κ2) is 5.55. The third-order valence-corrected chi connectivity index (χ3v) is 2.41. The molecule has 92 valence electrons. The van der Waals surface area contributed by atoms with Crippen LogP contribution < -0.4 is 5.43 Å². The van der Waals surface area contributed by atoms with Crippen LogP contribution in [0.3, 0.4) is 0 Å². The van der Waals surface area contributed by atoms with Gasteiger partial charge in [-0.05, 0) is 31.2 Å². The first-order valence-corrected chi connectivity index (χ1v) is 5.58. The number of aromatic nitrogens is 2. The molecule has 0 saturated carbocycles. The number of rotatable bonds is 3. The molecule has 0 aliphatic carbocycles. The number of nitrogens with one attached hydrogen (secondary N) is 1. The Kier molecular flexibility index (Phi) is 3.84. The van der Waals surface area contributed by atoms with Crippen LogP contribution in [-0.4, -0.2) is 15.9 Å². The molecule has 0 aliphatic rings. The Balaban J connectivity index is 2.11. The van der Waals surface area contributed by atoms with Gasteiger partial charge < -0.3 is 0 Å². The van der Waals surface area contributed by atoms with Gasteiger partial charge in [0, 0.05) is 5.56 Å². The highest BCUT2D eigenvalue weighted by Gasteiger charge is 1.99. The minimum absolute atomic E-state index is 0.298. The Morgan fingerprint density at radius 3 is 2.78 bits per heavy atom. The quantitative estimate of drug-likeness (QED) is 0.685. The standard InChI is InChI=1S/C12H10ClFN4/c1-8(9-3-2-4-10(14)7-9)15-17-12-6-5-11(13)16-18-12/h2-7H,1H3,(H,17,18)/b15-8+. The van der Waals surface area contributed by atoms with Crippen molar-refractivity contribution in [1.29, 1.82) is 0 Å². The highest BCUT2D eigenvalue weighted by atomic mass is 35.5. The Bertz CT molecular complexity index is 569. The van der Waals surface area contributed by atoms with Crippen LogP contribution >= 0.6 is 11.6 Å². The monoisotopic (exact) mass is 264 g/mol. The molecule has 1 heterocycles. The number of halogens is 2. The summed E-state index contributed by atoms with van der Waals surface area (Å²) in [4.78, 5) is 0. The largest absolute Gasteiger partial charge is 0.260 e. The summed E-state index contributed by atoms with van der Waals surface area (Å²) < 4.78 is 13.0. The van der Waals surface area contributed by atoms with Crippen molar-refractivity contribution in [1.82, 2.24) is 10.2 Å². The number of hydrazone groups is 1. The summed E-state index contributed by atoms with van der Waals surface area (Å²) in [5.41, 5.74) is 4.07. The van der Waals surface area contributed by atoms with Crippen LogP contribution in [0.5, 0.6) is 0 Å². The molecule has 4 nitrogen and oxygen atoms in total. The average Bonchev–Trinajstić information content (AvgIpc) is 2.38. The molecule has 0 aliphatic heterocycles. The lowest BCUT2D eigenvalue weighted by molar-refractivity contribution is 0.627. The summed E-state index contributed by atoms with van der Waals surface area (Å²) in [5.74, 6) is 0.170. The zero-order valence-electron chi connectivity index (χ0n) is 9.56. The predicted molar refractivity (Wildman–Crippen MR) is 69.3 cm³/mol. The van der Waals surface area contributed by atoms with Gasteiger partial charge in [0.05, 0.1) is 5.71 Å². The van der Waals surface area contributed by atoms with E-state index in [1.165, 1.54) is 12.1 Å². The molecule has 0 bridgehead atoms. The number of benzene rings is 1. The molecule has 1 aromatic carbocycles. The molecule has 0 spiro atoms. The average molecular weight is 265 g/mol. The van der Waals surface area contributed by atoms with E-state index in [-0.39, 0.29) is 5.82 Å². The maximum absolute atomic E-state index is 13.0. The normalized spacial score (nSPS) is 11.4. The molecule has 0 unspecified atom stereocenters. The Labute approximate surface area is 109 Å². The van der Waals surface area contributed by atoms with Crippen LogP contribution in [0.2, 0.25) is 5.15 Å². The first kappa shape index (κ1) is 12.4. The van der Waals surface area contributed by atoms with Crippen molar-refractivity contribution in [3.63, 3.8) is 0 Å². The molecule has 1 N–H and O–H groups in total. The van der Waals surface area contributed by atoms with Gasteiger partial charge in [0.25, 0.3) is 0 Å². The molecule has 0 fully saturated rings. The fraction of sp³-hybridized carbons (Fsp3) is 0.0833. The summed E-state index contributed by atoms with van der Waals surface area (Å²) in [6, 6.07) is 9.45. The minimum atomic E-state index is -0.298. The maximum Gasteiger partial charge on any atom is 0.168 e. The van der Waals surface area contributed by atoms with Crippen molar-refractivity contribution in [2.75, 3.05) is 5.43 Å². The lowest BCUT2D eigenvalue weighted by Crippen LogP contribution is -2.01. The van der Waals surface area contributed by atoms with Crippen LogP contribution in [0.4, 0.5) is 10.2 Å². The van der Waals surface area contributed by atoms with E-state index in [0.29, 0.717) is 22.2 Å². The molecule has 2 aromatic rings. The molecule has 6 heteroatoms. The second-order valence-electron chi connectivity index (χ2n) is 3.56. The highest BCUT2D eigenvalue weighted by molar-refractivity contribution is 6.29. The van der Waals surface area contributed by atoms with Crippen LogP contribution in [0.15, 0.2) is 41.5 Å². The molecule has 0 saturated heterocycles. The lowest BCUT2D eigenvalue weighted by atomic mass is 10.1. The lowest BCUT2D eigenvalue weighted by Gasteiger charge is -2.02. The molecule has 18 heavy (non-hydrogen) atoms. The van der Waals surface area contributed by atoms with Gasteiger partial charge in [-0.25, -0.2) is 4.39 Å². The van der Waals surface area contributed by atoms with Crippen LogP contribution in [0.25, 0.3) is 0 Å². The van der Waals surface area contributed by atoms with Crippen molar-refractivity contribution < 1.29 is 4.39 Å². The summed E-state index contributed by atoms with van der Waals surface area (Å²) in [6.07, 6.45) is 0. The minimum Gasteiger partial charge on any atom is -0.260 e. The third-order valence-electron chi connectivity index (χ3n) is 2.21. The number of hydrogen-bond acceptors (Lipinski definition) is 4. The van der Waals surface area contributed by atoms with E-state index < -0.39 is 0 Å². The molecule has 1 aromatic heterocycles. The summed E-state index contributed by atoms with van der Waals surface area (Å²) >= 11 is 5.61. The van der Waals surface area contributed by atoms with Crippen molar-refractivity contribution in [3.8, 4) is 0 Å². The van der Waals surface area contributed by atoms with Crippen molar-refractivity contribution in [3.05, 3.63) is 52.9 Å². The topological polar surface area (TPSA) is 50.2 Å². The van der Waals surface area contributed by atoms with Gasteiger partial charge in [-0.1, -0.05) is 23.7 Å². The Hall–Kier alpha value is -2.01. The number of nitrogens with zero attached hydrogens (tertiary/aromatic N) is 3. The zero-order chi connectivity index (χ0) is 13.0. The van der Waals surface area contributed by atoms with Gasteiger partial charge in [0.2, 0.25) is 0 Å². The summed E-state index contributed by atoms with van der Waals surface area (Å²) in [7, 11) is 0. The van der Waals surface area contributed by atoms with Gasteiger partial charge in [0.1, 0.15) is 5.82 Å². The molecular formula is C12H10ClFN4. The third kappa shape index (κ3) is 3.24. The zero-order valence-corrected chi connectivity index (χ0v) is 10.3. The van der Waals surface area contributed by atoms with E-state index in [0.717, 1.165) is 0 Å². The van der Waals surface area contributed by atoms with Gasteiger partial charge in [-0.2, -0.15) is 5.10 Å². The SMILES string of the molecule is C/C(=N\Nc1ccc(Cl)nn1)c1cccc(F)c1. The number of anilines is 1. The predicted octanol–water partition coefficient (Wildman–Crippen LogP) is 3.11. The summed E-state index contributed by atoms with van der Waals surface area (Å²) in [5, 5.41) is 11.9. The molecular weight excluding hydrogens is 255 g/mol. The Morgan fingerprint density at radius 2 is 2.11 bits per heavy atom. The molecule has 2 rings (SSSR count). The molecule has 0 amide bonds. The molecule has 0 radical (unpaired) electrons. The van der Waals surface area contributed by atoms with E-state index in [1.807, 2.05) is 0 Å². The van der Waals surface area contributed by atoms with Crippen molar-refractivity contribution in [2.45, 2.75) is 6.92 Å². The van der Waals surface area contributed by atoms with Gasteiger partial charge >= 0.3 is 0 Å². The molecule has 0 atom stereocenters. The van der Waals surface area contributed by atoms with E-state index in [2.05, 4.69) is 20.7 Å². The fourth-order valence-electron chi connectivity index (χ4n) is 1.29. The second-order valence-corrected chi connectivity index (χ2v) is 3.95. The van der Waals surface area contributed by atoms with E-state index >= 15 is 0 Å². The smallest absolute Gasteiger partial charge is 0.168 e. The summed E-state index contributed by atoms with van der Waals surface area (Å²) in [6.45, 7) is 1.77. The van der Waals surface area contributed by atoms with Crippen molar-refractivity contribution in [2.24, 2.45) is 5.10 Å². The van der Waals surface area contributed by atoms with Crippen LogP contribution in [0, 0.1) is 5.82 Å². The van der Waals surface area contributed by atoms with E-state index in [4.69, 9.17) is 11.6 Å².